The van der Waals surface area contributed by atoms with Gasteiger partial charge in [0.1, 0.15) is 11.5 Å². The molecule has 3 atom stereocenters. The summed E-state index contributed by atoms with van der Waals surface area (Å²) in [6.07, 6.45) is 6.81. The van der Waals surface area contributed by atoms with Gasteiger partial charge in [-0.25, -0.2) is 4.98 Å². The van der Waals surface area contributed by atoms with Gasteiger partial charge in [-0.2, -0.15) is 0 Å². The lowest BCUT2D eigenvalue weighted by molar-refractivity contribution is 0.0581. The molecule has 0 bridgehead atoms. The standard InChI is InChI=1S/C34H42N6O/c1-22-10-7-11-23(2)40(22)24(3)12-8-17-28-29(37-21-25-13-5-4-6-14-25)18-19-30-32(28)39-34(41)31(38-30)26-15-9-16-27(20-26)33(35)36/h4-6,9,13-16,18-20,22-24,37H,7-8,10-12,17,21H2,1-3H3,(H3,35,36)(H,39,41). The van der Waals surface area contributed by atoms with Crippen molar-refractivity contribution in [3.05, 3.63) is 93.8 Å². The van der Waals surface area contributed by atoms with Gasteiger partial charge in [0.15, 0.2) is 0 Å². The Balaban J connectivity index is 1.45. The monoisotopic (exact) mass is 550 g/mol. The number of hydrogen-bond donors (Lipinski definition) is 4. The average Bonchev–Trinajstić information content (AvgIpc) is 2.97. The molecule has 0 saturated carbocycles. The largest absolute Gasteiger partial charge is 0.384 e. The summed E-state index contributed by atoms with van der Waals surface area (Å²) in [6.45, 7) is 7.79. The molecule has 41 heavy (non-hydrogen) atoms. The molecular formula is C34H42N6O. The zero-order valence-corrected chi connectivity index (χ0v) is 24.4. The molecule has 0 amide bonds. The number of nitrogens with one attached hydrogen (secondary N) is 3. The van der Waals surface area contributed by atoms with Gasteiger partial charge >= 0.3 is 0 Å². The van der Waals surface area contributed by atoms with Crippen molar-refractivity contribution in [1.82, 2.24) is 14.9 Å². The fraction of sp³-hybridized carbons (Fsp3) is 0.382. The smallest absolute Gasteiger partial charge is 0.274 e. The second kappa shape index (κ2) is 12.7. The number of anilines is 1. The maximum Gasteiger partial charge on any atom is 0.274 e. The second-order valence-corrected chi connectivity index (χ2v) is 11.6. The number of piperidine rings is 1. The first-order chi connectivity index (χ1) is 19.8. The number of hydrogen-bond acceptors (Lipinski definition) is 5. The Hall–Kier alpha value is -3.97. The third kappa shape index (κ3) is 6.51. The van der Waals surface area contributed by atoms with Crippen LogP contribution in [0, 0.1) is 5.41 Å². The number of amidine groups is 1. The molecule has 1 aliphatic rings. The molecule has 5 rings (SSSR count). The summed E-state index contributed by atoms with van der Waals surface area (Å²) in [4.78, 5) is 24.1. The molecule has 4 aromatic rings. The Morgan fingerprint density at radius 1 is 1.10 bits per heavy atom. The number of aromatic amines is 1. The van der Waals surface area contributed by atoms with Crippen LogP contribution in [-0.2, 0) is 13.0 Å². The molecule has 1 fully saturated rings. The van der Waals surface area contributed by atoms with Crippen molar-refractivity contribution in [3.63, 3.8) is 0 Å². The molecule has 1 saturated heterocycles. The van der Waals surface area contributed by atoms with E-state index in [1.807, 2.05) is 30.3 Å². The van der Waals surface area contributed by atoms with Crippen LogP contribution in [0.25, 0.3) is 22.3 Å². The first kappa shape index (κ1) is 28.6. The van der Waals surface area contributed by atoms with Gasteiger partial charge in [-0.3, -0.25) is 15.1 Å². The summed E-state index contributed by atoms with van der Waals surface area (Å²) in [6, 6.07) is 23.3. The lowest BCUT2D eigenvalue weighted by atomic mass is 9.93. The van der Waals surface area contributed by atoms with Crippen LogP contribution in [0.1, 0.15) is 69.6 Å². The lowest BCUT2D eigenvalue weighted by Crippen LogP contribution is -2.48. The minimum Gasteiger partial charge on any atom is -0.384 e. The third-order valence-corrected chi connectivity index (χ3v) is 8.57. The van der Waals surface area contributed by atoms with Crippen LogP contribution >= 0.6 is 0 Å². The topological polar surface area (TPSA) is 111 Å². The highest BCUT2D eigenvalue weighted by atomic mass is 16.1. The van der Waals surface area contributed by atoms with Crippen molar-refractivity contribution in [2.24, 2.45) is 5.73 Å². The number of benzene rings is 3. The van der Waals surface area contributed by atoms with Gasteiger partial charge in [-0.05, 0) is 76.6 Å². The zero-order valence-electron chi connectivity index (χ0n) is 24.4. The first-order valence-electron chi connectivity index (χ1n) is 14.9. The van der Waals surface area contributed by atoms with E-state index in [4.69, 9.17) is 16.1 Å². The fourth-order valence-electron chi connectivity index (χ4n) is 6.49. The Bertz CT molecular complexity index is 1550. The Morgan fingerprint density at radius 2 is 1.85 bits per heavy atom. The van der Waals surface area contributed by atoms with Gasteiger partial charge in [-0.15, -0.1) is 0 Å². The van der Waals surface area contributed by atoms with Crippen LogP contribution < -0.4 is 16.6 Å². The van der Waals surface area contributed by atoms with Crippen molar-refractivity contribution in [3.8, 4) is 11.3 Å². The van der Waals surface area contributed by atoms with Crippen LogP contribution in [0.4, 0.5) is 5.69 Å². The Morgan fingerprint density at radius 3 is 2.59 bits per heavy atom. The van der Waals surface area contributed by atoms with E-state index in [1.165, 1.54) is 24.8 Å². The van der Waals surface area contributed by atoms with Crippen molar-refractivity contribution in [2.75, 3.05) is 5.32 Å². The zero-order chi connectivity index (χ0) is 28.9. The third-order valence-electron chi connectivity index (χ3n) is 8.57. The van der Waals surface area contributed by atoms with Crippen LogP contribution in [0.5, 0.6) is 0 Å². The Kier molecular flexibility index (Phi) is 8.84. The minimum absolute atomic E-state index is 0.0388. The summed E-state index contributed by atoms with van der Waals surface area (Å²) >= 11 is 0. The summed E-state index contributed by atoms with van der Waals surface area (Å²) in [5.74, 6) is -0.0388. The lowest BCUT2D eigenvalue weighted by Gasteiger charge is -2.43. The fourth-order valence-corrected chi connectivity index (χ4v) is 6.49. The molecule has 2 heterocycles. The van der Waals surface area contributed by atoms with Crippen LogP contribution in [-0.4, -0.2) is 38.8 Å². The predicted molar refractivity (Wildman–Crippen MR) is 170 cm³/mol. The van der Waals surface area contributed by atoms with E-state index in [0.717, 1.165) is 41.5 Å². The van der Waals surface area contributed by atoms with Crippen LogP contribution in [0.3, 0.4) is 0 Å². The number of nitrogens with two attached hydrogens (primary N) is 1. The maximum absolute atomic E-state index is 13.4. The molecule has 3 unspecified atom stereocenters. The van der Waals surface area contributed by atoms with Gasteiger partial charge in [0, 0.05) is 47.0 Å². The molecule has 1 aromatic heterocycles. The van der Waals surface area contributed by atoms with Gasteiger partial charge in [0.25, 0.3) is 5.56 Å². The summed E-state index contributed by atoms with van der Waals surface area (Å²) in [5, 5.41) is 11.4. The SMILES string of the molecule is CC(CCCc1c(NCc2ccccc2)ccc2nc(-c3cccc(C(=N)N)c3)c(=O)[nH]c12)N1C(C)CCCC1C. The summed E-state index contributed by atoms with van der Waals surface area (Å²) in [5.41, 5.74) is 11.8. The van der Waals surface area contributed by atoms with Crippen LogP contribution in [0.2, 0.25) is 0 Å². The van der Waals surface area contributed by atoms with E-state index in [1.54, 1.807) is 18.2 Å². The highest BCUT2D eigenvalue weighted by Crippen LogP contribution is 2.30. The molecule has 7 nitrogen and oxygen atoms in total. The number of aromatic nitrogens is 2. The average molecular weight is 551 g/mol. The number of likely N-dealkylation sites (tertiary alicyclic amines) is 1. The first-order valence-corrected chi connectivity index (χ1v) is 14.9. The second-order valence-electron chi connectivity index (χ2n) is 11.6. The molecule has 3 aromatic carbocycles. The van der Waals surface area contributed by atoms with E-state index < -0.39 is 0 Å². The molecular weight excluding hydrogens is 508 g/mol. The van der Waals surface area contributed by atoms with E-state index in [-0.39, 0.29) is 11.4 Å². The molecule has 7 heteroatoms. The number of aryl methyl sites for hydroxylation is 1. The predicted octanol–water partition coefficient (Wildman–Crippen LogP) is 6.46. The van der Waals surface area contributed by atoms with E-state index in [9.17, 15) is 4.79 Å². The molecule has 0 spiro atoms. The number of rotatable bonds is 10. The van der Waals surface area contributed by atoms with E-state index in [2.05, 4.69) is 54.2 Å². The normalized spacial score (nSPS) is 18.3. The minimum atomic E-state index is -0.246. The molecule has 1 aliphatic heterocycles. The van der Waals surface area contributed by atoms with Crippen molar-refractivity contribution < 1.29 is 0 Å². The van der Waals surface area contributed by atoms with Crippen LogP contribution in [0.15, 0.2) is 71.5 Å². The molecule has 5 N–H and O–H groups in total. The molecule has 0 radical (unpaired) electrons. The highest BCUT2D eigenvalue weighted by Gasteiger charge is 2.28. The van der Waals surface area contributed by atoms with Crippen molar-refractivity contribution in [1.29, 1.82) is 5.41 Å². The highest BCUT2D eigenvalue weighted by molar-refractivity contribution is 5.96. The number of nitrogen functional groups attached to an aromatic ring is 1. The summed E-state index contributed by atoms with van der Waals surface area (Å²) in [7, 11) is 0. The van der Waals surface area contributed by atoms with Gasteiger partial charge in [0.2, 0.25) is 0 Å². The maximum atomic E-state index is 13.4. The van der Waals surface area contributed by atoms with Gasteiger partial charge in [-0.1, -0.05) is 55.0 Å². The summed E-state index contributed by atoms with van der Waals surface area (Å²) < 4.78 is 0. The molecule has 0 aliphatic carbocycles. The quantitative estimate of drug-likeness (QED) is 0.134. The Labute approximate surface area is 242 Å². The number of H-pyrrole nitrogens is 1. The van der Waals surface area contributed by atoms with E-state index in [0.29, 0.717) is 41.5 Å². The van der Waals surface area contributed by atoms with Gasteiger partial charge in [0.05, 0.1) is 11.0 Å². The van der Waals surface area contributed by atoms with Gasteiger partial charge < -0.3 is 16.0 Å². The number of fused-ring (bicyclic) bond motifs is 1. The van der Waals surface area contributed by atoms with Crippen molar-refractivity contribution in [2.45, 2.75) is 84.0 Å². The van der Waals surface area contributed by atoms with Crippen molar-refractivity contribution >= 4 is 22.6 Å². The van der Waals surface area contributed by atoms with E-state index >= 15 is 0 Å². The molecule has 214 valence electrons. The number of nitrogens with zero attached hydrogens (tertiary/aromatic N) is 2.